The van der Waals surface area contributed by atoms with Crippen molar-refractivity contribution < 1.29 is 34.4 Å². The van der Waals surface area contributed by atoms with Gasteiger partial charge in [-0.05, 0) is 48.2 Å². The number of benzene rings is 3. The molecule has 1 fully saturated rings. The first-order chi connectivity index (χ1) is 20.9. The molecule has 1 heterocycles. The Morgan fingerprint density at radius 2 is 1.53 bits per heavy atom. The molecule has 3 aromatic rings. The molecular formula is C34H44N2O7. The SMILES string of the molecule is CCCCCCOc1ccccc1C(O)(O)N(CCCN1CCOCC1)C(=O)c1ccc(-c2ccccc2)cc1.O=CO. The molecule has 0 radical (unpaired) electrons. The van der Waals surface area contributed by atoms with Gasteiger partial charge >= 0.3 is 0 Å². The molecule has 3 aromatic carbocycles. The number of morpholine rings is 1. The second-order valence-electron chi connectivity index (χ2n) is 10.4. The zero-order chi connectivity index (χ0) is 30.9. The molecule has 4 rings (SSSR count). The Bertz CT molecular complexity index is 1230. The van der Waals surface area contributed by atoms with Crippen LogP contribution in [0.25, 0.3) is 11.1 Å². The van der Waals surface area contributed by atoms with Crippen molar-refractivity contribution in [1.82, 2.24) is 9.80 Å². The second-order valence-corrected chi connectivity index (χ2v) is 10.4. The Hall–Kier alpha value is -3.76. The summed E-state index contributed by atoms with van der Waals surface area (Å²) in [5.74, 6) is -2.64. The molecule has 1 amide bonds. The summed E-state index contributed by atoms with van der Waals surface area (Å²) in [5.41, 5.74) is 2.58. The number of ether oxygens (including phenoxy) is 2. The molecule has 0 spiro atoms. The molecule has 9 nitrogen and oxygen atoms in total. The van der Waals surface area contributed by atoms with Gasteiger partial charge in [0.15, 0.2) is 0 Å². The third-order valence-electron chi connectivity index (χ3n) is 7.32. The Kier molecular flexibility index (Phi) is 14.1. The topological polar surface area (TPSA) is 120 Å². The fraction of sp³-hybridized carbons (Fsp3) is 0.412. The van der Waals surface area contributed by atoms with Crippen LogP contribution in [0.3, 0.4) is 0 Å². The summed E-state index contributed by atoms with van der Waals surface area (Å²) in [6.07, 6.45) is 4.76. The van der Waals surface area contributed by atoms with Gasteiger partial charge in [-0.3, -0.25) is 19.4 Å². The highest BCUT2D eigenvalue weighted by Crippen LogP contribution is 2.33. The van der Waals surface area contributed by atoms with Crippen molar-refractivity contribution in [2.24, 2.45) is 0 Å². The predicted octanol–water partition coefficient (Wildman–Crippen LogP) is 4.97. The maximum Gasteiger partial charge on any atom is 0.290 e. The highest BCUT2D eigenvalue weighted by atomic mass is 16.5. The summed E-state index contributed by atoms with van der Waals surface area (Å²) in [4.78, 5) is 25.7. The zero-order valence-electron chi connectivity index (χ0n) is 24.9. The van der Waals surface area contributed by atoms with Gasteiger partial charge < -0.3 is 24.8 Å². The van der Waals surface area contributed by atoms with Gasteiger partial charge in [-0.25, -0.2) is 0 Å². The lowest BCUT2D eigenvalue weighted by Gasteiger charge is -2.37. The Balaban J connectivity index is 0.00000162. The first-order valence-electron chi connectivity index (χ1n) is 14.9. The number of hydrogen-bond acceptors (Lipinski definition) is 7. The van der Waals surface area contributed by atoms with E-state index in [9.17, 15) is 15.0 Å². The molecule has 0 aromatic heterocycles. The quantitative estimate of drug-likeness (QED) is 0.136. The third-order valence-corrected chi connectivity index (χ3v) is 7.32. The van der Waals surface area contributed by atoms with Crippen LogP contribution >= 0.6 is 0 Å². The summed E-state index contributed by atoms with van der Waals surface area (Å²) in [7, 11) is 0. The zero-order valence-corrected chi connectivity index (χ0v) is 24.9. The van der Waals surface area contributed by atoms with Gasteiger partial charge in [0.1, 0.15) is 5.75 Å². The minimum absolute atomic E-state index is 0.158. The highest BCUT2D eigenvalue weighted by molar-refractivity contribution is 5.95. The summed E-state index contributed by atoms with van der Waals surface area (Å²) >= 11 is 0. The van der Waals surface area contributed by atoms with Crippen LogP contribution in [0.1, 0.15) is 54.9 Å². The van der Waals surface area contributed by atoms with Crippen LogP contribution in [0.15, 0.2) is 78.9 Å². The van der Waals surface area contributed by atoms with E-state index in [4.69, 9.17) is 19.4 Å². The van der Waals surface area contributed by atoms with E-state index < -0.39 is 11.8 Å². The number of para-hydroxylation sites is 1. The molecule has 0 bridgehead atoms. The third kappa shape index (κ3) is 10.2. The largest absolute Gasteiger partial charge is 0.493 e. The van der Waals surface area contributed by atoms with E-state index in [1.54, 1.807) is 36.4 Å². The van der Waals surface area contributed by atoms with Crippen LogP contribution in [-0.4, -0.2) is 83.5 Å². The normalized spacial score (nSPS) is 13.5. The average molecular weight is 593 g/mol. The van der Waals surface area contributed by atoms with E-state index in [1.807, 2.05) is 42.5 Å². The molecule has 0 saturated carbocycles. The maximum absolute atomic E-state index is 13.9. The number of aliphatic hydroxyl groups is 2. The van der Waals surface area contributed by atoms with Crippen LogP contribution in [0.2, 0.25) is 0 Å². The fourth-order valence-electron chi connectivity index (χ4n) is 4.99. The molecule has 0 aliphatic carbocycles. The summed E-state index contributed by atoms with van der Waals surface area (Å²) in [6.45, 7) is 6.29. The maximum atomic E-state index is 13.9. The van der Waals surface area contributed by atoms with Crippen molar-refractivity contribution in [2.75, 3.05) is 46.0 Å². The molecule has 43 heavy (non-hydrogen) atoms. The number of unbranched alkanes of at least 4 members (excludes halogenated alkanes) is 3. The first kappa shape index (κ1) is 33.7. The van der Waals surface area contributed by atoms with Gasteiger partial charge in [0, 0.05) is 31.7 Å². The summed E-state index contributed by atoms with van der Waals surface area (Å²) < 4.78 is 11.4. The molecule has 3 N–H and O–H groups in total. The minimum atomic E-state index is -2.56. The smallest absolute Gasteiger partial charge is 0.290 e. The molecule has 1 aliphatic heterocycles. The van der Waals surface area contributed by atoms with E-state index in [0.717, 1.165) is 61.3 Å². The van der Waals surface area contributed by atoms with Crippen molar-refractivity contribution in [3.63, 3.8) is 0 Å². The van der Waals surface area contributed by atoms with Crippen molar-refractivity contribution in [3.8, 4) is 16.9 Å². The fourth-order valence-corrected chi connectivity index (χ4v) is 4.99. The van der Waals surface area contributed by atoms with Crippen molar-refractivity contribution in [1.29, 1.82) is 0 Å². The monoisotopic (exact) mass is 592 g/mol. The lowest BCUT2D eigenvalue weighted by atomic mass is 10.0. The Morgan fingerprint density at radius 1 is 0.907 bits per heavy atom. The van der Waals surface area contributed by atoms with Crippen LogP contribution < -0.4 is 4.74 Å². The van der Waals surface area contributed by atoms with Crippen LogP contribution in [0.4, 0.5) is 0 Å². The van der Waals surface area contributed by atoms with Crippen LogP contribution in [0, 0.1) is 0 Å². The second kappa shape index (κ2) is 18.0. The van der Waals surface area contributed by atoms with Gasteiger partial charge in [0.25, 0.3) is 18.3 Å². The molecule has 9 heteroatoms. The van der Waals surface area contributed by atoms with Crippen LogP contribution in [0.5, 0.6) is 5.75 Å². The number of carboxylic acid groups (broad SMARTS) is 1. The van der Waals surface area contributed by atoms with Crippen molar-refractivity contribution in [3.05, 3.63) is 90.0 Å². The number of rotatable bonds is 14. The van der Waals surface area contributed by atoms with Gasteiger partial charge in [-0.2, -0.15) is 0 Å². The Labute approximate surface area is 254 Å². The van der Waals surface area contributed by atoms with E-state index in [0.29, 0.717) is 37.6 Å². The molecule has 1 aliphatic rings. The van der Waals surface area contributed by atoms with Gasteiger partial charge in [-0.1, -0.05) is 80.8 Å². The molecular weight excluding hydrogens is 548 g/mol. The molecule has 232 valence electrons. The first-order valence-corrected chi connectivity index (χ1v) is 14.9. The van der Waals surface area contributed by atoms with Crippen molar-refractivity contribution >= 4 is 12.4 Å². The lowest BCUT2D eigenvalue weighted by Crippen LogP contribution is -2.51. The predicted molar refractivity (Wildman–Crippen MR) is 166 cm³/mol. The van der Waals surface area contributed by atoms with E-state index in [2.05, 4.69) is 11.8 Å². The average Bonchev–Trinajstić information content (AvgIpc) is 3.04. The molecule has 1 saturated heterocycles. The van der Waals surface area contributed by atoms with Crippen LogP contribution in [-0.2, 0) is 15.4 Å². The van der Waals surface area contributed by atoms with E-state index in [-0.39, 0.29) is 18.6 Å². The standard InChI is InChI=1S/C33H42N2O5.CH2O2/c1-2-3-4-10-24-40-31-15-9-8-14-30(31)33(37,38)35(21-11-20-34-22-25-39-26-23-34)32(36)29-18-16-28(17-19-29)27-12-6-5-7-13-27;2-1-3/h5-9,12-19,37-38H,2-4,10-11,20-26H2,1H3;1H,(H,2,3). The van der Waals surface area contributed by atoms with Gasteiger partial charge in [-0.15, -0.1) is 0 Å². The number of carbonyl (C=O) groups is 2. The number of nitrogens with zero attached hydrogens (tertiary/aromatic N) is 2. The number of carbonyl (C=O) groups excluding carboxylic acids is 1. The van der Waals surface area contributed by atoms with Crippen molar-refractivity contribution in [2.45, 2.75) is 44.9 Å². The minimum Gasteiger partial charge on any atom is -0.493 e. The highest BCUT2D eigenvalue weighted by Gasteiger charge is 2.40. The van der Waals surface area contributed by atoms with E-state index in [1.165, 1.54) is 0 Å². The van der Waals surface area contributed by atoms with Gasteiger partial charge in [0.2, 0.25) is 0 Å². The van der Waals surface area contributed by atoms with E-state index >= 15 is 0 Å². The summed E-state index contributed by atoms with van der Waals surface area (Å²) in [6, 6.07) is 24.1. The lowest BCUT2D eigenvalue weighted by molar-refractivity contribution is -0.257. The molecule has 0 unspecified atom stereocenters. The number of amides is 1. The van der Waals surface area contributed by atoms with Gasteiger partial charge in [0.05, 0.1) is 25.4 Å². The molecule has 0 atom stereocenters. The summed E-state index contributed by atoms with van der Waals surface area (Å²) in [5, 5.41) is 30.1. The Morgan fingerprint density at radius 3 is 2.21 bits per heavy atom. The number of hydrogen-bond donors (Lipinski definition) is 3.